The molecule has 0 fully saturated rings. The molecule has 27 heavy (non-hydrogen) atoms. The van der Waals surface area contributed by atoms with E-state index in [4.69, 9.17) is 0 Å². The van der Waals surface area contributed by atoms with Crippen molar-refractivity contribution in [1.29, 1.82) is 0 Å². The second kappa shape index (κ2) is 5.68. The zero-order valence-corrected chi connectivity index (χ0v) is 16.3. The van der Waals surface area contributed by atoms with E-state index in [2.05, 4.69) is 107 Å². The van der Waals surface area contributed by atoms with Gasteiger partial charge in [-0.25, -0.2) is 0 Å². The van der Waals surface area contributed by atoms with E-state index >= 15 is 0 Å². The number of benzene rings is 4. The third-order valence-electron chi connectivity index (χ3n) is 6.13. The number of hydrogen-bond donors (Lipinski definition) is 0. The predicted molar refractivity (Wildman–Crippen MR) is 114 cm³/mol. The average molecular weight is 409 g/mol. The fourth-order valence-electron chi connectivity index (χ4n) is 5.09. The molecule has 0 aliphatic heterocycles. The highest BCUT2D eigenvalue weighted by Gasteiger charge is 2.41. The normalized spacial score (nSPS) is 18.6. The van der Waals surface area contributed by atoms with Crippen molar-refractivity contribution in [3.63, 3.8) is 0 Å². The summed E-state index contributed by atoms with van der Waals surface area (Å²) in [5.74, 6) is 0.657. The van der Waals surface area contributed by atoms with Crippen LogP contribution in [-0.2, 0) is 0 Å². The molecule has 0 heterocycles. The van der Waals surface area contributed by atoms with Crippen LogP contribution in [0.25, 0.3) is 11.1 Å². The molecule has 1 heteroatoms. The van der Waals surface area contributed by atoms with Crippen molar-refractivity contribution < 1.29 is 0 Å². The van der Waals surface area contributed by atoms with E-state index in [0.717, 1.165) is 4.47 Å². The molecular formula is C26H17Br. The van der Waals surface area contributed by atoms with Crippen LogP contribution in [0.5, 0.6) is 0 Å². The smallest absolute Gasteiger partial charge is 0.0355 e. The topological polar surface area (TPSA) is 0 Å². The Morgan fingerprint density at radius 3 is 1.59 bits per heavy atom. The van der Waals surface area contributed by atoms with E-state index in [1.807, 2.05) is 0 Å². The minimum atomic E-state index is 0.317. The first-order chi connectivity index (χ1) is 13.3. The van der Waals surface area contributed by atoms with Crippen molar-refractivity contribution in [3.05, 3.63) is 129 Å². The Hall–Kier alpha value is -2.64. The Bertz CT molecular complexity index is 1140. The summed E-state index contributed by atoms with van der Waals surface area (Å²) in [5.41, 5.74) is 11.5. The molecule has 0 aromatic heterocycles. The van der Waals surface area contributed by atoms with Crippen LogP contribution in [0.1, 0.15) is 45.2 Å². The van der Waals surface area contributed by atoms with Crippen molar-refractivity contribution in [2.24, 2.45) is 0 Å². The summed E-state index contributed by atoms with van der Waals surface area (Å²) >= 11 is 3.57. The lowest BCUT2D eigenvalue weighted by Crippen LogP contribution is -2.27. The zero-order chi connectivity index (χ0) is 18.0. The van der Waals surface area contributed by atoms with Crippen molar-refractivity contribution >= 4 is 15.9 Å². The second-order valence-corrected chi connectivity index (χ2v) is 8.35. The van der Waals surface area contributed by atoms with Gasteiger partial charge in [-0.3, -0.25) is 0 Å². The largest absolute Gasteiger partial charge is 0.0619 e. The van der Waals surface area contributed by atoms with Gasteiger partial charge in [0.25, 0.3) is 0 Å². The number of halogens is 1. The maximum atomic E-state index is 3.57. The molecule has 4 aromatic carbocycles. The van der Waals surface area contributed by atoms with Crippen LogP contribution in [0.3, 0.4) is 0 Å². The van der Waals surface area contributed by atoms with Gasteiger partial charge in [0, 0.05) is 16.3 Å². The Labute approximate surface area is 167 Å². The van der Waals surface area contributed by atoms with Gasteiger partial charge in [0.05, 0.1) is 0 Å². The monoisotopic (exact) mass is 408 g/mol. The highest BCUT2D eigenvalue weighted by atomic mass is 79.9. The first kappa shape index (κ1) is 15.4. The Morgan fingerprint density at radius 2 is 1.00 bits per heavy atom. The molecule has 0 nitrogen and oxygen atoms in total. The fraction of sp³-hybridized carbons (Fsp3) is 0.0769. The van der Waals surface area contributed by atoms with Crippen LogP contribution >= 0.6 is 15.9 Å². The molecule has 0 radical (unpaired) electrons. The van der Waals surface area contributed by atoms with Crippen LogP contribution in [0.15, 0.2) is 95.5 Å². The third-order valence-corrected chi connectivity index (χ3v) is 6.66. The van der Waals surface area contributed by atoms with E-state index in [0.29, 0.717) is 11.8 Å². The lowest BCUT2D eigenvalue weighted by Gasteiger charge is -2.43. The molecular weight excluding hydrogens is 392 g/mol. The van der Waals surface area contributed by atoms with E-state index in [1.165, 1.54) is 44.5 Å². The van der Waals surface area contributed by atoms with Crippen molar-refractivity contribution in [1.82, 2.24) is 0 Å². The van der Waals surface area contributed by atoms with E-state index in [9.17, 15) is 0 Å². The maximum Gasteiger partial charge on any atom is 0.0355 e. The lowest BCUT2D eigenvalue weighted by molar-refractivity contribution is 0.756. The van der Waals surface area contributed by atoms with Gasteiger partial charge in [0.15, 0.2) is 0 Å². The Morgan fingerprint density at radius 1 is 0.481 bits per heavy atom. The molecule has 0 N–H and O–H groups in total. The van der Waals surface area contributed by atoms with Gasteiger partial charge >= 0.3 is 0 Å². The number of hydrogen-bond acceptors (Lipinski definition) is 0. The summed E-state index contributed by atoms with van der Waals surface area (Å²) in [6, 6.07) is 33.6. The second-order valence-electron chi connectivity index (χ2n) is 7.44. The summed E-state index contributed by atoms with van der Waals surface area (Å²) < 4.78 is 1.12. The highest BCUT2D eigenvalue weighted by Crippen LogP contribution is 2.57. The summed E-state index contributed by atoms with van der Waals surface area (Å²) in [4.78, 5) is 0. The summed E-state index contributed by atoms with van der Waals surface area (Å²) in [6.45, 7) is 0. The minimum absolute atomic E-state index is 0.317. The van der Waals surface area contributed by atoms with Crippen molar-refractivity contribution in [2.75, 3.05) is 0 Å². The lowest BCUT2D eigenvalue weighted by atomic mass is 9.60. The molecule has 0 saturated heterocycles. The summed E-state index contributed by atoms with van der Waals surface area (Å²) in [5, 5.41) is 0. The van der Waals surface area contributed by atoms with Crippen LogP contribution in [0.2, 0.25) is 0 Å². The van der Waals surface area contributed by atoms with Gasteiger partial charge in [-0.05, 0) is 56.6 Å². The number of rotatable bonds is 1. The van der Waals surface area contributed by atoms with E-state index < -0.39 is 0 Å². The molecule has 3 aliphatic carbocycles. The fourth-order valence-corrected chi connectivity index (χ4v) is 5.36. The summed E-state index contributed by atoms with van der Waals surface area (Å²) in [6.07, 6.45) is 0. The summed E-state index contributed by atoms with van der Waals surface area (Å²) in [7, 11) is 0. The van der Waals surface area contributed by atoms with Crippen molar-refractivity contribution in [2.45, 2.75) is 11.8 Å². The molecule has 0 unspecified atom stereocenters. The van der Waals surface area contributed by atoms with Crippen LogP contribution in [-0.4, -0.2) is 0 Å². The van der Waals surface area contributed by atoms with Gasteiger partial charge in [0.2, 0.25) is 0 Å². The molecule has 0 saturated carbocycles. The average Bonchev–Trinajstić information content (AvgIpc) is 2.73. The molecule has 2 bridgehead atoms. The third kappa shape index (κ3) is 2.09. The molecule has 0 atom stereocenters. The Kier molecular flexibility index (Phi) is 3.24. The van der Waals surface area contributed by atoms with Crippen molar-refractivity contribution in [3.8, 4) is 11.1 Å². The highest BCUT2D eigenvalue weighted by molar-refractivity contribution is 9.10. The van der Waals surface area contributed by atoms with Gasteiger partial charge in [-0.1, -0.05) is 94.8 Å². The van der Waals surface area contributed by atoms with E-state index in [-0.39, 0.29) is 0 Å². The molecule has 0 amide bonds. The van der Waals surface area contributed by atoms with E-state index in [1.54, 1.807) is 0 Å². The predicted octanol–water partition coefficient (Wildman–Crippen LogP) is 7.10. The SMILES string of the molecule is Brc1ccc(-c2cccc3c2C2c4ccccc4C3c3ccccc32)cc1. The maximum absolute atomic E-state index is 3.57. The molecule has 3 aliphatic rings. The standard InChI is InChI=1S/C26H17Br/c27-17-14-12-16(13-15-17)18-10-5-11-23-24-19-6-1-3-8-21(19)26(25(18)23)22-9-4-2-7-20(22)24/h1-15,24,26H. The first-order valence-electron chi connectivity index (χ1n) is 9.39. The van der Waals surface area contributed by atoms with Crippen LogP contribution in [0.4, 0.5) is 0 Å². The first-order valence-corrected chi connectivity index (χ1v) is 10.2. The Balaban J connectivity index is 1.69. The van der Waals surface area contributed by atoms with Crippen LogP contribution < -0.4 is 0 Å². The molecule has 0 spiro atoms. The van der Waals surface area contributed by atoms with Gasteiger partial charge < -0.3 is 0 Å². The minimum Gasteiger partial charge on any atom is -0.0619 e. The molecule has 4 aromatic rings. The molecule has 128 valence electrons. The van der Waals surface area contributed by atoms with Gasteiger partial charge in [-0.2, -0.15) is 0 Å². The molecule has 7 rings (SSSR count). The van der Waals surface area contributed by atoms with Crippen LogP contribution in [0, 0.1) is 0 Å². The quantitative estimate of drug-likeness (QED) is 0.272. The van der Waals surface area contributed by atoms with Gasteiger partial charge in [0.1, 0.15) is 0 Å². The van der Waals surface area contributed by atoms with Gasteiger partial charge in [-0.15, -0.1) is 0 Å². The zero-order valence-electron chi connectivity index (χ0n) is 14.7.